The Morgan fingerprint density at radius 1 is 1.00 bits per heavy atom. The van der Waals surface area contributed by atoms with Crippen LogP contribution in [0.5, 0.6) is 0 Å². The molecule has 0 aromatic rings. The number of carbonyl (C=O) groups is 1. The fourth-order valence-corrected chi connectivity index (χ4v) is 8.75. The van der Waals surface area contributed by atoms with E-state index in [0.717, 1.165) is 48.3 Å². The molecule has 4 rings (SSSR count). The van der Waals surface area contributed by atoms with Gasteiger partial charge < -0.3 is 0 Å². The SMILES string of the molecule is CC[C@H](/C=C/[C@@H](C)[C@H]1CCC2[C@@H]3CCC4=CC(=O)CC[C@]4(C)C3CC[C@@]21C)C(C)C. The van der Waals surface area contributed by atoms with Crippen LogP contribution in [0, 0.1) is 52.3 Å². The lowest BCUT2D eigenvalue weighted by atomic mass is 9.46. The zero-order valence-corrected chi connectivity index (χ0v) is 20.5. The summed E-state index contributed by atoms with van der Waals surface area (Å²) in [6.45, 7) is 14.7. The Labute approximate surface area is 186 Å². The lowest BCUT2D eigenvalue weighted by Gasteiger charge is -2.58. The molecule has 0 aliphatic heterocycles. The second-order valence-corrected chi connectivity index (χ2v) is 12.3. The number of carbonyl (C=O) groups excluding carboxylic acids is 1. The first-order valence-corrected chi connectivity index (χ1v) is 13.1. The molecule has 0 radical (unpaired) electrons. The molecule has 0 N–H and O–H groups in total. The summed E-state index contributed by atoms with van der Waals surface area (Å²) in [7, 11) is 0. The molecule has 4 aliphatic carbocycles. The molecule has 8 atom stereocenters. The zero-order chi connectivity index (χ0) is 21.7. The minimum Gasteiger partial charge on any atom is -0.295 e. The summed E-state index contributed by atoms with van der Waals surface area (Å²) in [4.78, 5) is 12.1. The second-order valence-electron chi connectivity index (χ2n) is 12.3. The molecule has 0 saturated heterocycles. The van der Waals surface area contributed by atoms with Gasteiger partial charge in [-0.05, 0) is 110 Å². The van der Waals surface area contributed by atoms with Gasteiger partial charge in [0.1, 0.15) is 0 Å². The first kappa shape index (κ1) is 22.3. The maximum absolute atomic E-state index is 12.1. The van der Waals surface area contributed by atoms with Crippen LogP contribution in [0.4, 0.5) is 0 Å². The Morgan fingerprint density at radius 2 is 1.77 bits per heavy atom. The molecule has 0 spiro atoms. The Hall–Kier alpha value is -0.850. The van der Waals surface area contributed by atoms with Crippen LogP contribution in [-0.4, -0.2) is 5.78 Å². The third-order valence-electron chi connectivity index (χ3n) is 10.7. The quantitative estimate of drug-likeness (QED) is 0.419. The van der Waals surface area contributed by atoms with Gasteiger partial charge in [0.25, 0.3) is 0 Å². The molecule has 2 unspecified atom stereocenters. The van der Waals surface area contributed by atoms with E-state index in [2.05, 4.69) is 59.8 Å². The first-order chi connectivity index (χ1) is 14.2. The normalized spacial score (nSPS) is 43.2. The van der Waals surface area contributed by atoms with E-state index in [1.54, 1.807) is 0 Å². The molecule has 0 bridgehead atoms. The third kappa shape index (κ3) is 3.57. The molecule has 4 aliphatic rings. The summed E-state index contributed by atoms with van der Waals surface area (Å²) in [5.74, 6) is 6.01. The van der Waals surface area contributed by atoms with Crippen molar-refractivity contribution in [3.05, 3.63) is 23.8 Å². The topological polar surface area (TPSA) is 17.1 Å². The molecule has 0 aromatic carbocycles. The molecule has 1 nitrogen and oxygen atoms in total. The number of hydrogen-bond donors (Lipinski definition) is 0. The fraction of sp³-hybridized carbons (Fsp3) is 0.828. The monoisotopic (exact) mass is 410 g/mol. The highest BCUT2D eigenvalue weighted by molar-refractivity contribution is 5.91. The van der Waals surface area contributed by atoms with Gasteiger partial charge in [-0.25, -0.2) is 0 Å². The summed E-state index contributed by atoms with van der Waals surface area (Å²) < 4.78 is 0. The maximum Gasteiger partial charge on any atom is 0.155 e. The van der Waals surface area contributed by atoms with E-state index in [4.69, 9.17) is 0 Å². The van der Waals surface area contributed by atoms with Gasteiger partial charge in [-0.3, -0.25) is 4.79 Å². The number of rotatable bonds is 5. The van der Waals surface area contributed by atoms with Gasteiger partial charge in [0.2, 0.25) is 0 Å². The first-order valence-electron chi connectivity index (χ1n) is 13.1. The van der Waals surface area contributed by atoms with Gasteiger partial charge in [0.05, 0.1) is 0 Å². The summed E-state index contributed by atoms with van der Waals surface area (Å²) in [5.41, 5.74) is 2.34. The van der Waals surface area contributed by atoms with E-state index in [0.29, 0.717) is 22.5 Å². The van der Waals surface area contributed by atoms with Gasteiger partial charge in [-0.1, -0.05) is 59.3 Å². The van der Waals surface area contributed by atoms with Crippen LogP contribution in [0.2, 0.25) is 0 Å². The summed E-state index contributed by atoms with van der Waals surface area (Å²) >= 11 is 0. The fourth-order valence-electron chi connectivity index (χ4n) is 8.75. The molecule has 0 heterocycles. The van der Waals surface area contributed by atoms with Gasteiger partial charge in [-0.2, -0.15) is 0 Å². The lowest BCUT2D eigenvalue weighted by Crippen LogP contribution is -2.50. The predicted molar refractivity (Wildman–Crippen MR) is 127 cm³/mol. The van der Waals surface area contributed by atoms with Crippen molar-refractivity contribution in [1.82, 2.24) is 0 Å². The minimum absolute atomic E-state index is 0.313. The van der Waals surface area contributed by atoms with Crippen LogP contribution < -0.4 is 0 Å². The number of ketones is 1. The molecule has 1 heteroatoms. The summed E-state index contributed by atoms with van der Waals surface area (Å²) in [5, 5.41) is 0. The van der Waals surface area contributed by atoms with Crippen molar-refractivity contribution in [2.75, 3.05) is 0 Å². The van der Waals surface area contributed by atoms with Crippen molar-refractivity contribution >= 4 is 5.78 Å². The largest absolute Gasteiger partial charge is 0.295 e. The molecule has 3 saturated carbocycles. The van der Waals surface area contributed by atoms with Crippen LogP contribution >= 0.6 is 0 Å². The van der Waals surface area contributed by atoms with Crippen molar-refractivity contribution < 1.29 is 4.79 Å². The highest BCUT2D eigenvalue weighted by atomic mass is 16.1. The maximum atomic E-state index is 12.1. The van der Waals surface area contributed by atoms with Crippen LogP contribution in [0.1, 0.15) is 99.3 Å². The summed E-state index contributed by atoms with van der Waals surface area (Å²) in [6, 6.07) is 0. The lowest BCUT2D eigenvalue weighted by molar-refractivity contribution is -0.117. The molecule has 168 valence electrons. The number of fused-ring (bicyclic) bond motifs is 5. The van der Waals surface area contributed by atoms with Crippen LogP contribution in [0.15, 0.2) is 23.8 Å². The van der Waals surface area contributed by atoms with Crippen molar-refractivity contribution in [2.24, 2.45) is 52.3 Å². The average molecular weight is 411 g/mol. The van der Waals surface area contributed by atoms with Crippen molar-refractivity contribution in [2.45, 2.75) is 99.3 Å². The van der Waals surface area contributed by atoms with Gasteiger partial charge >= 0.3 is 0 Å². The Bertz CT molecular complexity index is 714. The molecular formula is C29H46O. The Morgan fingerprint density at radius 3 is 2.47 bits per heavy atom. The smallest absolute Gasteiger partial charge is 0.155 e. The van der Waals surface area contributed by atoms with Gasteiger partial charge in [-0.15, -0.1) is 0 Å². The standard InChI is InChI=1S/C29H46O/c1-7-21(19(2)3)9-8-20(4)25-12-13-26-24-11-10-22-18-23(30)14-16-28(22,5)27(24)15-17-29(25,26)6/h8-9,18-21,24-27H,7,10-17H2,1-6H3/b9-8+/t20-,21-,24+,25-,26?,27?,28+,29-/m1/s1. The number of hydrogen-bond acceptors (Lipinski definition) is 1. The highest BCUT2D eigenvalue weighted by Gasteiger charge is 2.59. The Balaban J connectivity index is 1.52. The molecule has 30 heavy (non-hydrogen) atoms. The van der Waals surface area contributed by atoms with Gasteiger partial charge in [0, 0.05) is 6.42 Å². The molecule has 0 amide bonds. The van der Waals surface area contributed by atoms with E-state index in [1.807, 2.05) is 0 Å². The second kappa shape index (κ2) is 8.25. The predicted octanol–water partition coefficient (Wildman–Crippen LogP) is 8.01. The third-order valence-corrected chi connectivity index (χ3v) is 10.7. The van der Waals surface area contributed by atoms with Crippen molar-refractivity contribution in [3.63, 3.8) is 0 Å². The zero-order valence-electron chi connectivity index (χ0n) is 20.5. The van der Waals surface area contributed by atoms with E-state index >= 15 is 0 Å². The van der Waals surface area contributed by atoms with Crippen molar-refractivity contribution in [1.29, 1.82) is 0 Å². The molecule has 0 aromatic heterocycles. The minimum atomic E-state index is 0.313. The highest BCUT2D eigenvalue weighted by Crippen LogP contribution is 2.67. The van der Waals surface area contributed by atoms with Gasteiger partial charge in [0.15, 0.2) is 5.78 Å². The van der Waals surface area contributed by atoms with E-state index in [1.165, 1.54) is 50.5 Å². The van der Waals surface area contributed by atoms with E-state index in [9.17, 15) is 4.79 Å². The molecule has 3 fully saturated rings. The Kier molecular flexibility index (Phi) is 6.15. The number of allylic oxidation sites excluding steroid dienone is 3. The van der Waals surface area contributed by atoms with Crippen LogP contribution in [0.25, 0.3) is 0 Å². The summed E-state index contributed by atoms with van der Waals surface area (Å²) in [6.07, 6.45) is 18.5. The van der Waals surface area contributed by atoms with E-state index in [-0.39, 0.29) is 0 Å². The van der Waals surface area contributed by atoms with Crippen LogP contribution in [-0.2, 0) is 4.79 Å². The average Bonchev–Trinajstić information content (AvgIpc) is 3.06. The van der Waals surface area contributed by atoms with Crippen molar-refractivity contribution in [3.8, 4) is 0 Å². The van der Waals surface area contributed by atoms with E-state index < -0.39 is 0 Å². The van der Waals surface area contributed by atoms with Crippen LogP contribution in [0.3, 0.4) is 0 Å². The molecular weight excluding hydrogens is 364 g/mol.